The molecule has 1 aromatic rings. The Bertz CT molecular complexity index is 375. The van der Waals surface area contributed by atoms with Crippen molar-refractivity contribution in [3.05, 3.63) is 42.5 Å². The van der Waals surface area contributed by atoms with Crippen molar-refractivity contribution in [1.82, 2.24) is 5.32 Å². The van der Waals surface area contributed by atoms with Crippen molar-refractivity contribution >= 4 is 0 Å². The highest BCUT2D eigenvalue weighted by molar-refractivity contribution is 5.40. The standard InChI is InChI=1S/C15H21NO/c1-3-4-5-9-14(16-2)13-11-17-15-10-7-6-8-12(13)15/h3,6-8,10,13-14,16H,1,4-5,9,11H2,2H3. The average molecular weight is 231 g/mol. The average Bonchev–Trinajstić information content (AvgIpc) is 2.79. The number of likely N-dealkylation sites (N-methyl/N-ethyl adjacent to an activating group) is 1. The van der Waals surface area contributed by atoms with Gasteiger partial charge in [0, 0.05) is 17.5 Å². The second kappa shape index (κ2) is 5.87. The first kappa shape index (κ1) is 12.2. The maximum absolute atomic E-state index is 5.74. The van der Waals surface area contributed by atoms with E-state index in [0.29, 0.717) is 12.0 Å². The van der Waals surface area contributed by atoms with Crippen molar-refractivity contribution in [2.24, 2.45) is 0 Å². The third-order valence-electron chi connectivity index (χ3n) is 3.52. The molecule has 2 atom stereocenters. The lowest BCUT2D eigenvalue weighted by atomic mass is 9.90. The first-order chi connectivity index (χ1) is 8.36. The number of fused-ring (bicyclic) bond motifs is 1. The van der Waals surface area contributed by atoms with Crippen LogP contribution in [0.15, 0.2) is 36.9 Å². The molecule has 1 N–H and O–H groups in total. The number of hydrogen-bond donors (Lipinski definition) is 1. The minimum absolute atomic E-state index is 0.487. The van der Waals surface area contributed by atoms with Gasteiger partial charge in [0.05, 0.1) is 6.61 Å². The number of unbranched alkanes of at least 4 members (excludes halogenated alkanes) is 1. The van der Waals surface area contributed by atoms with Crippen LogP contribution in [0, 0.1) is 0 Å². The summed E-state index contributed by atoms with van der Waals surface area (Å²) in [7, 11) is 2.04. The summed E-state index contributed by atoms with van der Waals surface area (Å²) in [6.45, 7) is 4.58. The molecule has 0 saturated heterocycles. The van der Waals surface area contributed by atoms with E-state index in [-0.39, 0.29) is 0 Å². The van der Waals surface area contributed by atoms with E-state index in [9.17, 15) is 0 Å². The van der Waals surface area contributed by atoms with Gasteiger partial charge in [0.15, 0.2) is 0 Å². The zero-order chi connectivity index (χ0) is 12.1. The molecule has 1 aromatic carbocycles. The molecule has 2 heteroatoms. The molecule has 1 heterocycles. The lowest BCUT2D eigenvalue weighted by molar-refractivity contribution is 0.295. The lowest BCUT2D eigenvalue weighted by Gasteiger charge is -2.22. The molecule has 0 radical (unpaired) electrons. The van der Waals surface area contributed by atoms with Crippen LogP contribution in [0.3, 0.4) is 0 Å². The predicted octanol–water partition coefficient (Wildman–Crippen LogP) is 3.11. The maximum Gasteiger partial charge on any atom is 0.122 e. The number of para-hydroxylation sites is 1. The van der Waals surface area contributed by atoms with Crippen molar-refractivity contribution in [3.8, 4) is 5.75 Å². The van der Waals surface area contributed by atoms with Crippen LogP contribution >= 0.6 is 0 Å². The second-order valence-electron chi connectivity index (χ2n) is 4.57. The molecule has 92 valence electrons. The van der Waals surface area contributed by atoms with Crippen LogP contribution in [0.5, 0.6) is 5.75 Å². The van der Waals surface area contributed by atoms with E-state index in [2.05, 4.69) is 30.1 Å². The van der Waals surface area contributed by atoms with E-state index in [1.807, 2.05) is 19.2 Å². The Morgan fingerprint density at radius 1 is 1.53 bits per heavy atom. The number of benzene rings is 1. The molecule has 0 aromatic heterocycles. The van der Waals surface area contributed by atoms with Gasteiger partial charge in [-0.3, -0.25) is 0 Å². The molecule has 17 heavy (non-hydrogen) atoms. The van der Waals surface area contributed by atoms with Gasteiger partial charge in [0.2, 0.25) is 0 Å². The summed E-state index contributed by atoms with van der Waals surface area (Å²) < 4.78 is 5.74. The van der Waals surface area contributed by atoms with Crippen LogP contribution in [0.4, 0.5) is 0 Å². The van der Waals surface area contributed by atoms with Gasteiger partial charge in [0.25, 0.3) is 0 Å². The van der Waals surface area contributed by atoms with Gasteiger partial charge in [-0.25, -0.2) is 0 Å². The molecule has 0 fully saturated rings. The van der Waals surface area contributed by atoms with Crippen LogP contribution in [-0.4, -0.2) is 19.7 Å². The van der Waals surface area contributed by atoms with Gasteiger partial charge < -0.3 is 10.1 Å². The van der Waals surface area contributed by atoms with Gasteiger partial charge >= 0.3 is 0 Å². The van der Waals surface area contributed by atoms with Gasteiger partial charge in [-0.2, -0.15) is 0 Å². The van der Waals surface area contributed by atoms with Crippen LogP contribution in [-0.2, 0) is 0 Å². The number of hydrogen-bond acceptors (Lipinski definition) is 2. The summed E-state index contributed by atoms with van der Waals surface area (Å²) in [6.07, 6.45) is 5.44. The highest BCUT2D eigenvalue weighted by atomic mass is 16.5. The van der Waals surface area contributed by atoms with E-state index in [0.717, 1.165) is 18.8 Å². The van der Waals surface area contributed by atoms with Crippen molar-refractivity contribution in [2.75, 3.05) is 13.7 Å². The molecule has 0 amide bonds. The smallest absolute Gasteiger partial charge is 0.122 e. The van der Waals surface area contributed by atoms with Crippen molar-refractivity contribution < 1.29 is 4.74 Å². The number of rotatable bonds is 6. The summed E-state index contributed by atoms with van der Waals surface area (Å²) in [4.78, 5) is 0. The summed E-state index contributed by atoms with van der Waals surface area (Å²) in [5.74, 6) is 1.54. The molecule has 2 unspecified atom stereocenters. The molecule has 0 spiro atoms. The Morgan fingerprint density at radius 3 is 3.12 bits per heavy atom. The summed E-state index contributed by atoms with van der Waals surface area (Å²) in [6, 6.07) is 8.87. The molecular formula is C15H21NO. The fourth-order valence-electron chi connectivity index (χ4n) is 2.55. The maximum atomic E-state index is 5.74. The van der Waals surface area contributed by atoms with Crippen molar-refractivity contribution in [3.63, 3.8) is 0 Å². The summed E-state index contributed by atoms with van der Waals surface area (Å²) >= 11 is 0. The summed E-state index contributed by atoms with van der Waals surface area (Å²) in [5, 5.41) is 3.43. The van der Waals surface area contributed by atoms with Gasteiger partial charge in [-0.1, -0.05) is 24.3 Å². The number of ether oxygens (including phenoxy) is 1. The Labute approximate surface area is 104 Å². The van der Waals surface area contributed by atoms with Crippen LogP contribution < -0.4 is 10.1 Å². The van der Waals surface area contributed by atoms with Gasteiger partial charge in [0.1, 0.15) is 5.75 Å². The number of allylic oxidation sites excluding steroid dienone is 1. The molecule has 1 aliphatic rings. The quantitative estimate of drug-likeness (QED) is 0.600. The van der Waals surface area contributed by atoms with E-state index < -0.39 is 0 Å². The molecular weight excluding hydrogens is 210 g/mol. The monoisotopic (exact) mass is 231 g/mol. The topological polar surface area (TPSA) is 21.3 Å². The fourth-order valence-corrected chi connectivity index (χ4v) is 2.55. The number of nitrogens with one attached hydrogen (secondary N) is 1. The molecule has 2 rings (SSSR count). The Balaban J connectivity index is 2.03. The van der Waals surface area contributed by atoms with Crippen LogP contribution in [0.25, 0.3) is 0 Å². The lowest BCUT2D eigenvalue weighted by Crippen LogP contribution is -2.32. The molecule has 0 saturated carbocycles. The van der Waals surface area contributed by atoms with E-state index >= 15 is 0 Å². The highest BCUT2D eigenvalue weighted by Crippen LogP contribution is 2.36. The Kier molecular flexibility index (Phi) is 4.21. The van der Waals surface area contributed by atoms with Gasteiger partial charge in [-0.15, -0.1) is 6.58 Å². The Morgan fingerprint density at radius 2 is 2.35 bits per heavy atom. The molecule has 0 aliphatic carbocycles. The Hall–Kier alpha value is -1.28. The second-order valence-corrected chi connectivity index (χ2v) is 4.57. The fraction of sp³-hybridized carbons (Fsp3) is 0.467. The molecule has 0 bridgehead atoms. The third kappa shape index (κ3) is 2.70. The van der Waals surface area contributed by atoms with Crippen molar-refractivity contribution in [1.29, 1.82) is 0 Å². The van der Waals surface area contributed by atoms with Gasteiger partial charge in [-0.05, 0) is 32.4 Å². The zero-order valence-electron chi connectivity index (χ0n) is 10.5. The zero-order valence-corrected chi connectivity index (χ0v) is 10.5. The molecule has 1 aliphatic heterocycles. The van der Waals surface area contributed by atoms with Crippen LogP contribution in [0.2, 0.25) is 0 Å². The van der Waals surface area contributed by atoms with E-state index in [1.54, 1.807) is 0 Å². The third-order valence-corrected chi connectivity index (χ3v) is 3.52. The molecule has 2 nitrogen and oxygen atoms in total. The summed E-state index contributed by atoms with van der Waals surface area (Å²) in [5.41, 5.74) is 1.35. The minimum Gasteiger partial charge on any atom is -0.493 e. The predicted molar refractivity (Wildman–Crippen MR) is 71.6 cm³/mol. The van der Waals surface area contributed by atoms with Crippen molar-refractivity contribution in [2.45, 2.75) is 31.2 Å². The van der Waals surface area contributed by atoms with E-state index in [4.69, 9.17) is 4.74 Å². The largest absolute Gasteiger partial charge is 0.493 e. The normalized spacial score (nSPS) is 19.5. The first-order valence-electron chi connectivity index (χ1n) is 6.36. The van der Waals surface area contributed by atoms with E-state index in [1.165, 1.54) is 18.4 Å². The minimum atomic E-state index is 0.487. The SMILES string of the molecule is C=CCCCC(NC)C1COc2ccccc21. The van der Waals surface area contributed by atoms with Crippen LogP contribution in [0.1, 0.15) is 30.7 Å². The highest BCUT2D eigenvalue weighted by Gasteiger charge is 2.29. The first-order valence-corrected chi connectivity index (χ1v) is 6.36.